The van der Waals surface area contributed by atoms with Gasteiger partial charge in [-0.15, -0.1) is 0 Å². The lowest BCUT2D eigenvalue weighted by atomic mass is 10.0. The first-order chi connectivity index (χ1) is 12.5. The van der Waals surface area contributed by atoms with Gasteiger partial charge in [0.15, 0.2) is 9.91 Å². The minimum atomic E-state index is -1.24. The number of benzene rings is 2. The van der Waals surface area contributed by atoms with E-state index in [-0.39, 0.29) is 22.1 Å². The molecular formula is C17H17BrN4O4S. The van der Waals surface area contributed by atoms with Crippen LogP contribution in [0, 0.1) is 20.9 Å². The Bertz CT molecular complexity index is 948. The standard InChI is InChI=1S/C17H17BrN4O4S/c1-17(2,14(23)24)27-16(20)21(15(18)19)9-10-7-8-13(22(25)26)12-6-4-3-5-11(10)12/h3-8,19-20H,9H2,1-2H3,(H,23,24). The number of carbonyl (C=O) groups is 1. The molecule has 0 bridgehead atoms. The fourth-order valence-electron chi connectivity index (χ4n) is 2.38. The lowest BCUT2D eigenvalue weighted by Crippen LogP contribution is -2.36. The van der Waals surface area contributed by atoms with Crippen LogP contribution in [0.3, 0.4) is 0 Å². The van der Waals surface area contributed by atoms with Crippen molar-refractivity contribution in [3.05, 3.63) is 52.1 Å². The summed E-state index contributed by atoms with van der Waals surface area (Å²) in [6, 6.07) is 9.83. The van der Waals surface area contributed by atoms with Gasteiger partial charge in [-0.05, 0) is 52.9 Å². The molecule has 0 aromatic heterocycles. The number of carboxylic acid groups (broad SMARTS) is 1. The van der Waals surface area contributed by atoms with Crippen LogP contribution in [-0.4, -0.2) is 35.6 Å². The maximum absolute atomic E-state index is 11.3. The van der Waals surface area contributed by atoms with E-state index in [0.717, 1.165) is 11.8 Å². The average molecular weight is 453 g/mol. The molecule has 0 radical (unpaired) electrons. The van der Waals surface area contributed by atoms with Gasteiger partial charge in [-0.3, -0.25) is 30.6 Å². The van der Waals surface area contributed by atoms with Crippen LogP contribution in [0.25, 0.3) is 10.8 Å². The fourth-order valence-corrected chi connectivity index (χ4v) is 3.64. The summed E-state index contributed by atoms with van der Waals surface area (Å²) in [7, 11) is 0. The van der Waals surface area contributed by atoms with Crippen LogP contribution in [0.2, 0.25) is 0 Å². The lowest BCUT2D eigenvalue weighted by Gasteiger charge is -2.27. The number of amidine groups is 2. The quantitative estimate of drug-likeness (QED) is 0.202. The number of hydrogen-bond acceptors (Lipinski definition) is 6. The summed E-state index contributed by atoms with van der Waals surface area (Å²) in [5, 5.41) is 37.6. The van der Waals surface area contributed by atoms with Crippen LogP contribution in [0.15, 0.2) is 36.4 Å². The van der Waals surface area contributed by atoms with E-state index in [4.69, 9.17) is 10.8 Å². The molecule has 2 rings (SSSR count). The Kier molecular flexibility index (Phi) is 6.22. The zero-order valence-corrected chi connectivity index (χ0v) is 16.9. The molecule has 8 nitrogen and oxygen atoms in total. The Hall–Kier alpha value is -2.46. The number of nitro groups is 1. The predicted octanol–water partition coefficient (Wildman–Crippen LogP) is 4.41. The number of hydrogen-bond donors (Lipinski definition) is 3. The molecule has 0 aliphatic carbocycles. The number of fused-ring (bicyclic) bond motifs is 1. The third-order valence-corrected chi connectivity index (χ3v) is 5.39. The van der Waals surface area contributed by atoms with Gasteiger partial charge in [-0.2, -0.15) is 0 Å². The number of nitro benzene ring substituents is 1. The van der Waals surface area contributed by atoms with Crippen molar-refractivity contribution in [3.63, 3.8) is 0 Å². The van der Waals surface area contributed by atoms with Crippen molar-refractivity contribution in [2.75, 3.05) is 0 Å². The highest BCUT2D eigenvalue weighted by molar-refractivity contribution is 9.18. The molecule has 0 fully saturated rings. The van der Waals surface area contributed by atoms with Gasteiger partial charge in [-0.25, -0.2) is 0 Å². The highest BCUT2D eigenvalue weighted by Crippen LogP contribution is 2.31. The SMILES string of the molecule is CC(C)(SC(=N)N(Cc1ccc([N+](=O)[O-])c2ccccc12)C(=N)Br)C(=O)O. The molecule has 0 atom stereocenters. The predicted molar refractivity (Wildman–Crippen MR) is 110 cm³/mol. The minimum Gasteiger partial charge on any atom is -0.480 e. The van der Waals surface area contributed by atoms with Crippen LogP contribution in [0.5, 0.6) is 0 Å². The van der Waals surface area contributed by atoms with Crippen LogP contribution >= 0.6 is 27.7 Å². The maximum Gasteiger partial charge on any atom is 0.319 e. The van der Waals surface area contributed by atoms with E-state index in [0.29, 0.717) is 16.3 Å². The monoisotopic (exact) mass is 452 g/mol. The Labute approximate surface area is 167 Å². The van der Waals surface area contributed by atoms with E-state index in [2.05, 4.69) is 15.9 Å². The van der Waals surface area contributed by atoms with Crippen LogP contribution in [-0.2, 0) is 11.3 Å². The first-order valence-corrected chi connectivity index (χ1v) is 9.33. The number of non-ortho nitro benzene ring substituents is 1. The molecule has 0 saturated heterocycles. The van der Waals surface area contributed by atoms with Crippen LogP contribution in [0.1, 0.15) is 19.4 Å². The van der Waals surface area contributed by atoms with E-state index in [1.165, 1.54) is 24.8 Å². The number of nitrogens with one attached hydrogen (secondary N) is 2. The topological polar surface area (TPSA) is 131 Å². The summed E-state index contributed by atoms with van der Waals surface area (Å²) in [6.07, 6.45) is 0. The van der Waals surface area contributed by atoms with Crippen molar-refractivity contribution in [3.8, 4) is 0 Å². The normalized spacial score (nSPS) is 11.2. The van der Waals surface area contributed by atoms with Crippen LogP contribution in [0.4, 0.5) is 5.69 Å². The van der Waals surface area contributed by atoms with Crippen molar-refractivity contribution in [2.24, 2.45) is 0 Å². The summed E-state index contributed by atoms with van der Waals surface area (Å²) in [5.41, 5.74) is 0.658. The first kappa shape index (κ1) is 20.8. The Morgan fingerprint density at radius 1 is 1.26 bits per heavy atom. The van der Waals surface area contributed by atoms with Gasteiger partial charge in [0, 0.05) is 6.07 Å². The molecule has 0 saturated carbocycles. The number of aliphatic carboxylic acids is 1. The summed E-state index contributed by atoms with van der Waals surface area (Å²) in [6.45, 7) is 3.04. The largest absolute Gasteiger partial charge is 0.480 e. The lowest BCUT2D eigenvalue weighted by molar-refractivity contribution is -0.383. The molecule has 2 aromatic rings. The summed E-state index contributed by atoms with van der Waals surface area (Å²) < 4.78 is -1.35. The molecule has 2 aromatic carbocycles. The minimum absolute atomic E-state index is 0.0220. The molecule has 27 heavy (non-hydrogen) atoms. The van der Waals surface area contributed by atoms with Gasteiger partial charge >= 0.3 is 5.97 Å². The highest BCUT2D eigenvalue weighted by atomic mass is 79.9. The van der Waals surface area contributed by atoms with E-state index in [1.54, 1.807) is 30.3 Å². The zero-order valence-electron chi connectivity index (χ0n) is 14.5. The van der Waals surface area contributed by atoms with Gasteiger partial charge in [-0.1, -0.05) is 30.0 Å². The van der Waals surface area contributed by atoms with E-state index in [1.807, 2.05) is 0 Å². The van der Waals surface area contributed by atoms with Crippen molar-refractivity contribution in [1.82, 2.24) is 4.90 Å². The molecule has 142 valence electrons. The van der Waals surface area contributed by atoms with Crippen molar-refractivity contribution in [2.45, 2.75) is 25.1 Å². The smallest absolute Gasteiger partial charge is 0.319 e. The third kappa shape index (κ3) is 4.64. The third-order valence-electron chi connectivity index (χ3n) is 3.87. The Balaban J connectivity index is 2.42. The zero-order chi connectivity index (χ0) is 20.4. The molecule has 0 aliphatic rings. The second kappa shape index (κ2) is 8.05. The number of halogens is 1. The fraction of sp³-hybridized carbons (Fsp3) is 0.235. The second-order valence-electron chi connectivity index (χ2n) is 6.15. The molecule has 0 spiro atoms. The number of rotatable bonds is 5. The number of carboxylic acids is 1. The van der Waals surface area contributed by atoms with Crippen molar-refractivity contribution >= 4 is 60.0 Å². The van der Waals surface area contributed by atoms with E-state index in [9.17, 15) is 20.0 Å². The Morgan fingerprint density at radius 2 is 1.85 bits per heavy atom. The van der Waals surface area contributed by atoms with E-state index >= 15 is 0 Å². The first-order valence-electron chi connectivity index (χ1n) is 7.72. The highest BCUT2D eigenvalue weighted by Gasteiger charge is 2.32. The Morgan fingerprint density at radius 3 is 2.37 bits per heavy atom. The van der Waals surface area contributed by atoms with E-state index < -0.39 is 15.6 Å². The van der Waals surface area contributed by atoms with Gasteiger partial charge in [0.2, 0.25) is 0 Å². The molecule has 0 aliphatic heterocycles. The molecular weight excluding hydrogens is 436 g/mol. The molecule has 0 amide bonds. The summed E-state index contributed by atoms with van der Waals surface area (Å²) in [5.74, 6) is -1.07. The van der Waals surface area contributed by atoms with Crippen molar-refractivity contribution < 1.29 is 14.8 Å². The molecule has 3 N–H and O–H groups in total. The van der Waals surface area contributed by atoms with Gasteiger partial charge in [0.05, 0.1) is 16.9 Å². The summed E-state index contributed by atoms with van der Waals surface area (Å²) >= 11 is 3.85. The maximum atomic E-state index is 11.3. The van der Waals surface area contributed by atoms with Crippen molar-refractivity contribution in [1.29, 1.82) is 10.8 Å². The second-order valence-corrected chi connectivity index (χ2v) is 8.51. The summed E-state index contributed by atoms with van der Waals surface area (Å²) in [4.78, 5) is 23.4. The number of nitrogens with zero attached hydrogens (tertiary/aromatic N) is 2. The van der Waals surface area contributed by atoms with Gasteiger partial charge < -0.3 is 5.11 Å². The van der Waals surface area contributed by atoms with Crippen LogP contribution < -0.4 is 0 Å². The van der Waals surface area contributed by atoms with Gasteiger partial charge in [0.25, 0.3) is 5.69 Å². The molecule has 0 heterocycles. The molecule has 0 unspecified atom stereocenters. The number of thioether (sulfide) groups is 1. The van der Waals surface area contributed by atoms with Gasteiger partial charge in [0.1, 0.15) is 4.75 Å². The average Bonchev–Trinajstić information content (AvgIpc) is 2.58. The molecule has 10 heteroatoms.